The average Bonchev–Trinajstić information content (AvgIpc) is 2.41. The molecule has 0 unspecified atom stereocenters. The summed E-state index contributed by atoms with van der Waals surface area (Å²) >= 11 is 0. The minimum absolute atomic E-state index is 0.379. The summed E-state index contributed by atoms with van der Waals surface area (Å²) in [4.78, 5) is 20.2. The van der Waals surface area contributed by atoms with Crippen molar-refractivity contribution in [1.82, 2.24) is 0 Å². The second-order valence-electron chi connectivity index (χ2n) is 3.16. The quantitative estimate of drug-likeness (QED) is 0.802. The van der Waals surface area contributed by atoms with Gasteiger partial charge in [-0.25, -0.2) is 0 Å². The van der Waals surface area contributed by atoms with Gasteiger partial charge in [0.2, 0.25) is 5.91 Å². The molecule has 0 saturated heterocycles. The molecule has 2 aromatic rings. The van der Waals surface area contributed by atoms with E-state index < -0.39 is 0 Å². The molecule has 86 valence electrons. The van der Waals surface area contributed by atoms with Crippen LogP contribution >= 0.6 is 0 Å². The van der Waals surface area contributed by atoms with E-state index in [1.807, 2.05) is 12.1 Å². The maximum atomic E-state index is 10.4. The van der Waals surface area contributed by atoms with Crippen LogP contribution in [0.25, 0.3) is 0 Å². The molecule has 2 N–H and O–H groups in total. The second-order valence-corrected chi connectivity index (χ2v) is 3.16. The predicted molar refractivity (Wildman–Crippen MR) is 66.9 cm³/mol. The molecule has 0 bridgehead atoms. The SMILES string of the molecule is NC(=O)c1ccccc1.O=Nc1ccccc1. The minimum atomic E-state index is -0.379. The van der Waals surface area contributed by atoms with Crippen LogP contribution in [0.2, 0.25) is 0 Å². The summed E-state index contributed by atoms with van der Waals surface area (Å²) < 4.78 is 0. The third-order valence-corrected chi connectivity index (χ3v) is 1.92. The van der Waals surface area contributed by atoms with Gasteiger partial charge >= 0.3 is 0 Å². The number of hydrogen-bond acceptors (Lipinski definition) is 3. The van der Waals surface area contributed by atoms with Gasteiger partial charge in [-0.15, -0.1) is 4.91 Å². The molecule has 0 heterocycles. The van der Waals surface area contributed by atoms with E-state index in [1.165, 1.54) is 0 Å². The van der Waals surface area contributed by atoms with Crippen LogP contribution in [0, 0.1) is 4.91 Å². The Morgan fingerprint density at radius 2 is 1.35 bits per heavy atom. The molecule has 2 rings (SSSR count). The monoisotopic (exact) mass is 228 g/mol. The average molecular weight is 228 g/mol. The first-order valence-electron chi connectivity index (χ1n) is 4.97. The summed E-state index contributed by atoms with van der Waals surface area (Å²) in [6.07, 6.45) is 0. The Kier molecular flexibility index (Phi) is 5.10. The van der Waals surface area contributed by atoms with E-state index in [-0.39, 0.29) is 5.91 Å². The van der Waals surface area contributed by atoms with E-state index >= 15 is 0 Å². The van der Waals surface area contributed by atoms with Gasteiger partial charge in [-0.3, -0.25) is 4.79 Å². The van der Waals surface area contributed by atoms with Crippen molar-refractivity contribution in [3.63, 3.8) is 0 Å². The highest BCUT2D eigenvalue weighted by Gasteiger charge is 1.93. The highest BCUT2D eigenvalue weighted by molar-refractivity contribution is 5.92. The summed E-state index contributed by atoms with van der Waals surface area (Å²) in [5.41, 5.74) is 6.01. The molecular formula is C13H12N2O2. The Bertz CT molecular complexity index is 469. The largest absolute Gasteiger partial charge is 0.366 e. The second kappa shape index (κ2) is 6.90. The van der Waals surface area contributed by atoms with Crippen molar-refractivity contribution >= 4 is 11.6 Å². The molecule has 1 amide bonds. The van der Waals surface area contributed by atoms with Gasteiger partial charge in [-0.05, 0) is 29.4 Å². The van der Waals surface area contributed by atoms with Crippen molar-refractivity contribution in [2.75, 3.05) is 0 Å². The molecule has 4 nitrogen and oxygen atoms in total. The molecule has 2 aromatic carbocycles. The standard InChI is InChI=1S/C7H7NO.C6H5NO/c8-7(9)6-4-2-1-3-5-6;8-7-6-4-2-1-3-5-6/h1-5H,(H2,8,9);1-5H. The maximum absolute atomic E-state index is 10.4. The Balaban J connectivity index is 0.000000171. The number of nitroso groups, excluding NO2 is 1. The van der Waals surface area contributed by atoms with Crippen LogP contribution in [-0.2, 0) is 0 Å². The van der Waals surface area contributed by atoms with Crippen LogP contribution in [-0.4, -0.2) is 5.91 Å². The summed E-state index contributed by atoms with van der Waals surface area (Å²) in [6.45, 7) is 0. The molecule has 0 spiro atoms. The molecular weight excluding hydrogens is 216 g/mol. The van der Waals surface area contributed by atoms with E-state index in [0.717, 1.165) is 0 Å². The highest BCUT2D eigenvalue weighted by atomic mass is 16.3. The van der Waals surface area contributed by atoms with Gasteiger partial charge in [0.25, 0.3) is 0 Å². The topological polar surface area (TPSA) is 72.5 Å². The van der Waals surface area contributed by atoms with E-state index in [0.29, 0.717) is 11.3 Å². The number of nitrogens with two attached hydrogens (primary N) is 1. The fourth-order valence-corrected chi connectivity index (χ4v) is 1.09. The molecule has 0 aliphatic rings. The lowest BCUT2D eigenvalue weighted by Crippen LogP contribution is -2.09. The number of carbonyl (C=O) groups excluding carboxylic acids is 1. The van der Waals surface area contributed by atoms with Crippen molar-refractivity contribution in [3.05, 3.63) is 71.1 Å². The van der Waals surface area contributed by atoms with E-state index in [4.69, 9.17) is 5.73 Å². The Labute approximate surface area is 99.1 Å². The van der Waals surface area contributed by atoms with Crippen molar-refractivity contribution < 1.29 is 4.79 Å². The molecule has 0 radical (unpaired) electrons. The zero-order valence-corrected chi connectivity index (χ0v) is 9.11. The molecule has 0 aromatic heterocycles. The summed E-state index contributed by atoms with van der Waals surface area (Å²) in [7, 11) is 0. The van der Waals surface area contributed by atoms with Crippen molar-refractivity contribution in [2.45, 2.75) is 0 Å². The molecule has 0 fully saturated rings. The highest BCUT2D eigenvalue weighted by Crippen LogP contribution is 2.07. The van der Waals surface area contributed by atoms with Crippen molar-refractivity contribution in [1.29, 1.82) is 0 Å². The van der Waals surface area contributed by atoms with Gasteiger partial charge in [0.15, 0.2) is 0 Å². The van der Waals surface area contributed by atoms with E-state index in [9.17, 15) is 9.70 Å². The third-order valence-electron chi connectivity index (χ3n) is 1.92. The molecule has 17 heavy (non-hydrogen) atoms. The lowest BCUT2D eigenvalue weighted by atomic mass is 10.2. The van der Waals surface area contributed by atoms with E-state index in [2.05, 4.69) is 5.18 Å². The van der Waals surface area contributed by atoms with Crippen LogP contribution in [0.15, 0.2) is 65.8 Å². The number of rotatable bonds is 2. The summed E-state index contributed by atoms with van der Waals surface area (Å²) in [5, 5.41) is 2.72. The first kappa shape index (κ1) is 12.6. The third kappa shape index (κ3) is 4.70. The number of amides is 1. The number of primary amides is 1. The van der Waals surface area contributed by atoms with Gasteiger partial charge in [0.1, 0.15) is 5.69 Å². The van der Waals surface area contributed by atoms with Gasteiger partial charge in [0, 0.05) is 5.56 Å². The van der Waals surface area contributed by atoms with Crippen molar-refractivity contribution in [2.24, 2.45) is 10.9 Å². The van der Waals surface area contributed by atoms with Crippen molar-refractivity contribution in [3.8, 4) is 0 Å². The molecule has 4 heteroatoms. The fraction of sp³-hybridized carbons (Fsp3) is 0. The minimum Gasteiger partial charge on any atom is -0.366 e. The molecule has 0 aliphatic heterocycles. The Hall–Kier alpha value is -2.49. The van der Waals surface area contributed by atoms with Gasteiger partial charge < -0.3 is 5.73 Å². The maximum Gasteiger partial charge on any atom is 0.248 e. The number of carbonyl (C=O) groups is 1. The summed E-state index contributed by atoms with van der Waals surface area (Å²) in [5.74, 6) is -0.379. The summed E-state index contributed by atoms with van der Waals surface area (Å²) in [6, 6.07) is 17.5. The Morgan fingerprint density at radius 3 is 1.65 bits per heavy atom. The zero-order chi connectivity index (χ0) is 12.5. The van der Waals surface area contributed by atoms with Crippen LogP contribution in [0.3, 0.4) is 0 Å². The van der Waals surface area contributed by atoms with Gasteiger partial charge in [-0.2, -0.15) is 0 Å². The van der Waals surface area contributed by atoms with Crippen LogP contribution in [0.1, 0.15) is 10.4 Å². The van der Waals surface area contributed by atoms with E-state index in [1.54, 1.807) is 48.5 Å². The Morgan fingerprint density at radius 1 is 0.882 bits per heavy atom. The number of nitrogens with zero attached hydrogens (tertiary/aromatic N) is 1. The fourth-order valence-electron chi connectivity index (χ4n) is 1.09. The zero-order valence-electron chi connectivity index (χ0n) is 9.11. The van der Waals surface area contributed by atoms with Gasteiger partial charge in [0.05, 0.1) is 0 Å². The number of hydrogen-bond donors (Lipinski definition) is 1. The predicted octanol–water partition coefficient (Wildman–Crippen LogP) is 2.87. The first-order chi connectivity index (χ1) is 8.24. The lowest BCUT2D eigenvalue weighted by Gasteiger charge is -1.89. The normalized spacial score (nSPS) is 8.71. The smallest absolute Gasteiger partial charge is 0.248 e. The molecule has 0 saturated carbocycles. The lowest BCUT2D eigenvalue weighted by molar-refractivity contribution is 0.100. The first-order valence-corrected chi connectivity index (χ1v) is 4.97. The number of benzene rings is 2. The van der Waals surface area contributed by atoms with Gasteiger partial charge in [-0.1, -0.05) is 36.4 Å². The van der Waals surface area contributed by atoms with Crippen LogP contribution in [0.4, 0.5) is 5.69 Å². The molecule has 0 atom stereocenters. The van der Waals surface area contributed by atoms with Crippen LogP contribution < -0.4 is 5.73 Å². The van der Waals surface area contributed by atoms with Crippen LogP contribution in [0.5, 0.6) is 0 Å². The molecule has 0 aliphatic carbocycles.